The molecule has 2 aromatic rings. The molecule has 0 radical (unpaired) electrons. The van der Waals surface area contributed by atoms with E-state index < -0.39 is 0 Å². The maximum absolute atomic E-state index is 12.7. The molecule has 138 valence electrons. The van der Waals surface area contributed by atoms with Gasteiger partial charge in [-0.15, -0.1) is 0 Å². The van der Waals surface area contributed by atoms with Crippen LogP contribution in [0.25, 0.3) is 0 Å². The summed E-state index contributed by atoms with van der Waals surface area (Å²) in [5.74, 6) is 0.491. The number of hydrogen-bond acceptors (Lipinski definition) is 4. The molecule has 0 saturated carbocycles. The van der Waals surface area contributed by atoms with E-state index in [0.717, 1.165) is 24.3 Å². The summed E-state index contributed by atoms with van der Waals surface area (Å²) >= 11 is 0. The van der Waals surface area contributed by atoms with Crippen LogP contribution in [-0.4, -0.2) is 25.0 Å². The molecule has 1 aliphatic rings. The molecular formula is C21H28N4O. The first-order valence-electron chi connectivity index (χ1n) is 9.20. The number of carbonyl (C=O) groups excluding carboxylic acids is 1. The Morgan fingerprint density at radius 3 is 2.50 bits per heavy atom. The van der Waals surface area contributed by atoms with Gasteiger partial charge >= 0.3 is 0 Å². The fraction of sp³-hybridized carbons (Fsp3) is 0.381. The fourth-order valence-corrected chi connectivity index (χ4v) is 3.27. The van der Waals surface area contributed by atoms with Crippen LogP contribution in [0.1, 0.15) is 25.8 Å². The average Bonchev–Trinajstić information content (AvgIpc) is 3.13. The molecule has 1 saturated heterocycles. The second-order valence-electron chi connectivity index (χ2n) is 7.28. The van der Waals surface area contributed by atoms with E-state index >= 15 is 0 Å². The van der Waals surface area contributed by atoms with Gasteiger partial charge in [0, 0.05) is 19.6 Å². The van der Waals surface area contributed by atoms with E-state index in [0.29, 0.717) is 12.0 Å². The molecule has 5 nitrogen and oxygen atoms in total. The van der Waals surface area contributed by atoms with Crippen molar-refractivity contribution in [3.63, 3.8) is 0 Å². The minimum absolute atomic E-state index is 0.00112. The van der Waals surface area contributed by atoms with Gasteiger partial charge in [-0.2, -0.15) is 0 Å². The van der Waals surface area contributed by atoms with Gasteiger partial charge < -0.3 is 10.2 Å². The largest absolute Gasteiger partial charge is 0.369 e. The molecule has 0 spiro atoms. The molecule has 1 heterocycles. The monoisotopic (exact) mass is 352 g/mol. The summed E-state index contributed by atoms with van der Waals surface area (Å²) in [5.41, 5.74) is 9.43. The Kier molecular flexibility index (Phi) is 5.91. The molecule has 0 aromatic heterocycles. The predicted octanol–water partition coefficient (Wildman–Crippen LogP) is 3.15. The number of anilines is 2. The maximum Gasteiger partial charge on any atom is 0.242 e. The zero-order valence-corrected chi connectivity index (χ0v) is 15.7. The van der Waals surface area contributed by atoms with E-state index in [-0.39, 0.29) is 11.9 Å². The van der Waals surface area contributed by atoms with Crippen molar-refractivity contribution in [1.82, 2.24) is 10.9 Å². The first-order chi connectivity index (χ1) is 12.5. The molecule has 2 atom stereocenters. The van der Waals surface area contributed by atoms with Gasteiger partial charge in [-0.25, -0.2) is 5.43 Å². The minimum Gasteiger partial charge on any atom is -0.369 e. The third kappa shape index (κ3) is 4.42. The molecule has 1 aliphatic heterocycles. The van der Waals surface area contributed by atoms with Crippen molar-refractivity contribution >= 4 is 17.3 Å². The molecule has 3 rings (SSSR count). The van der Waals surface area contributed by atoms with Crippen LogP contribution in [0, 0.1) is 5.92 Å². The molecule has 0 aliphatic carbocycles. The summed E-state index contributed by atoms with van der Waals surface area (Å²) in [6.45, 7) is 5.10. The Bertz CT molecular complexity index is 732. The highest BCUT2D eigenvalue weighted by Gasteiger charge is 2.31. The number of para-hydroxylation sites is 2. The summed E-state index contributed by atoms with van der Waals surface area (Å²) in [4.78, 5) is 14.8. The van der Waals surface area contributed by atoms with Gasteiger partial charge in [-0.05, 0) is 30.0 Å². The van der Waals surface area contributed by atoms with Crippen molar-refractivity contribution in [2.75, 3.05) is 17.3 Å². The number of nitrogens with one attached hydrogen (secondary N) is 3. The van der Waals surface area contributed by atoms with Crippen molar-refractivity contribution in [2.45, 2.75) is 38.9 Å². The second kappa shape index (κ2) is 8.34. The van der Waals surface area contributed by atoms with Gasteiger partial charge in [-0.1, -0.05) is 56.3 Å². The number of amides is 1. The number of nitrogens with zero attached hydrogens (tertiary/aromatic N) is 1. The van der Waals surface area contributed by atoms with Crippen LogP contribution in [0.4, 0.5) is 11.4 Å². The second-order valence-corrected chi connectivity index (χ2v) is 7.28. The first-order valence-corrected chi connectivity index (χ1v) is 9.20. The van der Waals surface area contributed by atoms with Gasteiger partial charge in [0.2, 0.25) is 5.91 Å². The summed E-state index contributed by atoms with van der Waals surface area (Å²) < 4.78 is 0. The standard InChI is InChI=1S/C21H28N4O/c1-15(2)18-13-19(24-23-18)21(26)22-17-11-7-8-12-20(17)25(3)14-16-9-5-4-6-10-16/h4-12,15,18-19,23-24H,13-14H2,1-3H3,(H,22,26). The zero-order chi connectivity index (χ0) is 18.5. The lowest BCUT2D eigenvalue weighted by molar-refractivity contribution is -0.117. The lowest BCUT2D eigenvalue weighted by Crippen LogP contribution is -2.40. The Morgan fingerprint density at radius 1 is 1.12 bits per heavy atom. The Balaban J connectivity index is 1.68. The fourth-order valence-electron chi connectivity index (χ4n) is 3.27. The van der Waals surface area contributed by atoms with E-state index in [1.165, 1.54) is 5.56 Å². The van der Waals surface area contributed by atoms with Crippen LogP contribution in [0.15, 0.2) is 54.6 Å². The smallest absolute Gasteiger partial charge is 0.242 e. The molecular weight excluding hydrogens is 324 g/mol. The van der Waals surface area contributed by atoms with Gasteiger partial charge in [0.15, 0.2) is 0 Å². The van der Waals surface area contributed by atoms with E-state index in [2.05, 4.69) is 47.0 Å². The molecule has 2 aromatic carbocycles. The SMILES string of the molecule is CC(C)C1CC(C(=O)Nc2ccccc2N(C)Cc2ccccc2)NN1. The summed E-state index contributed by atoms with van der Waals surface area (Å²) in [5, 5.41) is 3.10. The molecule has 2 unspecified atom stereocenters. The predicted molar refractivity (Wildman–Crippen MR) is 107 cm³/mol. The highest BCUT2D eigenvalue weighted by molar-refractivity contribution is 5.97. The van der Waals surface area contributed by atoms with Crippen LogP contribution < -0.4 is 21.1 Å². The van der Waals surface area contributed by atoms with Gasteiger partial charge in [-0.3, -0.25) is 10.2 Å². The van der Waals surface area contributed by atoms with E-state index in [4.69, 9.17) is 0 Å². The topological polar surface area (TPSA) is 56.4 Å². The average molecular weight is 352 g/mol. The molecule has 1 amide bonds. The quantitative estimate of drug-likeness (QED) is 0.747. The highest BCUT2D eigenvalue weighted by atomic mass is 16.2. The molecule has 1 fully saturated rings. The van der Waals surface area contributed by atoms with Crippen molar-refractivity contribution in [2.24, 2.45) is 5.92 Å². The van der Waals surface area contributed by atoms with Crippen LogP contribution in [0.5, 0.6) is 0 Å². The molecule has 0 bridgehead atoms. The summed E-state index contributed by atoms with van der Waals surface area (Å²) in [6.07, 6.45) is 0.797. The third-order valence-electron chi connectivity index (χ3n) is 4.89. The molecule has 5 heteroatoms. The van der Waals surface area contributed by atoms with Crippen LogP contribution in [0.3, 0.4) is 0 Å². The van der Waals surface area contributed by atoms with E-state index in [9.17, 15) is 4.79 Å². The van der Waals surface area contributed by atoms with Gasteiger partial charge in [0.05, 0.1) is 11.4 Å². The number of rotatable bonds is 6. The minimum atomic E-state index is -0.213. The Morgan fingerprint density at radius 2 is 1.81 bits per heavy atom. The first kappa shape index (κ1) is 18.4. The number of hydrogen-bond donors (Lipinski definition) is 3. The highest BCUT2D eigenvalue weighted by Crippen LogP contribution is 2.26. The maximum atomic E-state index is 12.7. The van der Waals surface area contributed by atoms with Crippen molar-refractivity contribution in [3.05, 3.63) is 60.2 Å². The summed E-state index contributed by atoms with van der Waals surface area (Å²) in [7, 11) is 2.04. The number of carbonyl (C=O) groups is 1. The van der Waals surface area contributed by atoms with Crippen molar-refractivity contribution in [1.29, 1.82) is 0 Å². The zero-order valence-electron chi connectivity index (χ0n) is 15.7. The van der Waals surface area contributed by atoms with Crippen LogP contribution in [0.2, 0.25) is 0 Å². The van der Waals surface area contributed by atoms with Crippen LogP contribution >= 0.6 is 0 Å². The number of hydrazine groups is 1. The number of benzene rings is 2. The van der Waals surface area contributed by atoms with Crippen LogP contribution in [-0.2, 0) is 11.3 Å². The summed E-state index contributed by atoms with van der Waals surface area (Å²) in [6, 6.07) is 18.4. The normalized spacial score (nSPS) is 19.5. The molecule has 3 N–H and O–H groups in total. The van der Waals surface area contributed by atoms with Crippen molar-refractivity contribution in [3.8, 4) is 0 Å². The lowest BCUT2D eigenvalue weighted by atomic mass is 9.99. The Labute approximate surface area is 155 Å². The van der Waals surface area contributed by atoms with E-state index in [1.807, 2.05) is 49.5 Å². The van der Waals surface area contributed by atoms with E-state index in [1.54, 1.807) is 0 Å². The van der Waals surface area contributed by atoms with Crippen molar-refractivity contribution < 1.29 is 4.79 Å². The van der Waals surface area contributed by atoms with Gasteiger partial charge in [0.25, 0.3) is 0 Å². The third-order valence-corrected chi connectivity index (χ3v) is 4.89. The Hall–Kier alpha value is -2.37. The van der Waals surface area contributed by atoms with Gasteiger partial charge in [0.1, 0.15) is 6.04 Å². The lowest BCUT2D eigenvalue weighted by Gasteiger charge is -2.23. The molecule has 26 heavy (non-hydrogen) atoms.